The number of hydrogen-bond acceptors (Lipinski definition) is 5. The maximum absolute atomic E-state index is 12.7. The fraction of sp³-hybridized carbons (Fsp3) is 0.389. The highest BCUT2D eigenvalue weighted by atomic mass is 32.2. The van der Waals surface area contributed by atoms with E-state index in [0.29, 0.717) is 23.7 Å². The van der Waals surface area contributed by atoms with E-state index >= 15 is 0 Å². The van der Waals surface area contributed by atoms with Crippen LogP contribution in [0.4, 0.5) is 0 Å². The molecular weight excluding hydrogens is 338 g/mol. The molecular formula is C18H23N3O3S. The lowest BCUT2D eigenvalue weighted by Crippen LogP contribution is -2.49. The molecule has 1 aromatic carbocycles. The van der Waals surface area contributed by atoms with Gasteiger partial charge in [-0.25, -0.2) is 8.42 Å². The molecule has 3 rings (SSSR count). The molecule has 0 N–H and O–H groups in total. The number of sulfonamides is 1. The van der Waals surface area contributed by atoms with Crippen LogP contribution >= 0.6 is 0 Å². The minimum Gasteiger partial charge on any atom is -0.497 e. The molecule has 1 aliphatic heterocycles. The number of benzene rings is 1. The maximum Gasteiger partial charge on any atom is 0.243 e. The minimum atomic E-state index is -3.44. The zero-order chi connectivity index (χ0) is 17.7. The van der Waals surface area contributed by atoms with E-state index in [1.165, 1.54) is 0 Å². The minimum absolute atomic E-state index is 0.315. The lowest BCUT2D eigenvalue weighted by atomic mass is 10.2. The maximum atomic E-state index is 12.7. The van der Waals surface area contributed by atoms with Crippen molar-refractivity contribution in [3.05, 3.63) is 54.4 Å². The van der Waals surface area contributed by atoms with Crippen LogP contribution < -0.4 is 4.74 Å². The van der Waals surface area contributed by atoms with Crippen LogP contribution in [0, 0.1) is 0 Å². The van der Waals surface area contributed by atoms with Gasteiger partial charge in [0.1, 0.15) is 5.75 Å². The van der Waals surface area contributed by atoms with Gasteiger partial charge in [-0.1, -0.05) is 6.07 Å². The second-order valence-corrected chi connectivity index (χ2v) is 7.93. The molecule has 1 fully saturated rings. The molecule has 0 aliphatic carbocycles. The molecule has 0 atom stereocenters. The van der Waals surface area contributed by atoms with Crippen LogP contribution in [0.3, 0.4) is 0 Å². The first-order valence-corrected chi connectivity index (χ1v) is 9.80. The summed E-state index contributed by atoms with van der Waals surface area (Å²) in [4.78, 5) is 6.93. The molecule has 0 amide bonds. The fourth-order valence-corrected chi connectivity index (χ4v) is 4.33. The first kappa shape index (κ1) is 17.8. The van der Waals surface area contributed by atoms with E-state index in [1.807, 2.05) is 18.2 Å². The molecule has 1 aliphatic rings. The highest BCUT2D eigenvalue weighted by Crippen LogP contribution is 2.20. The topological polar surface area (TPSA) is 62.7 Å². The average molecular weight is 361 g/mol. The van der Waals surface area contributed by atoms with Crippen molar-refractivity contribution >= 4 is 10.0 Å². The average Bonchev–Trinajstić information content (AvgIpc) is 2.67. The number of ether oxygens (including phenoxy) is 1. The molecule has 2 aromatic rings. The Hall–Kier alpha value is -1.96. The summed E-state index contributed by atoms with van der Waals surface area (Å²) >= 11 is 0. The van der Waals surface area contributed by atoms with Gasteiger partial charge >= 0.3 is 0 Å². The lowest BCUT2D eigenvalue weighted by molar-refractivity contribution is 0.190. The Morgan fingerprint density at radius 2 is 1.76 bits per heavy atom. The molecule has 0 spiro atoms. The Morgan fingerprint density at radius 1 is 1.04 bits per heavy atom. The Balaban J connectivity index is 1.55. The van der Waals surface area contributed by atoms with Crippen molar-refractivity contribution in [2.75, 3.05) is 39.8 Å². The van der Waals surface area contributed by atoms with Crippen LogP contribution in [0.2, 0.25) is 0 Å². The van der Waals surface area contributed by atoms with Crippen LogP contribution in [0.25, 0.3) is 0 Å². The summed E-state index contributed by atoms with van der Waals surface area (Å²) in [5.41, 5.74) is 1.07. The molecule has 0 saturated carbocycles. The summed E-state index contributed by atoms with van der Waals surface area (Å²) in [5, 5.41) is 0. The first-order valence-electron chi connectivity index (χ1n) is 8.36. The quantitative estimate of drug-likeness (QED) is 0.783. The molecule has 0 unspecified atom stereocenters. The monoisotopic (exact) mass is 361 g/mol. The van der Waals surface area contributed by atoms with Crippen LogP contribution in [0.5, 0.6) is 5.75 Å². The van der Waals surface area contributed by atoms with Gasteiger partial charge in [-0.05, 0) is 36.4 Å². The second-order valence-electron chi connectivity index (χ2n) is 5.99. The number of nitrogens with zero attached hydrogens (tertiary/aromatic N) is 3. The van der Waals surface area contributed by atoms with E-state index in [4.69, 9.17) is 4.74 Å². The van der Waals surface area contributed by atoms with Gasteiger partial charge in [0, 0.05) is 51.0 Å². The van der Waals surface area contributed by atoms with Gasteiger partial charge in [0.15, 0.2) is 0 Å². The van der Waals surface area contributed by atoms with E-state index in [1.54, 1.807) is 41.9 Å². The number of rotatable bonds is 6. The van der Waals surface area contributed by atoms with Crippen molar-refractivity contribution in [3.63, 3.8) is 0 Å². The van der Waals surface area contributed by atoms with E-state index in [9.17, 15) is 8.42 Å². The summed E-state index contributed by atoms with van der Waals surface area (Å²) in [6.07, 6.45) is 2.68. The van der Waals surface area contributed by atoms with Crippen molar-refractivity contribution in [3.8, 4) is 5.75 Å². The number of aromatic nitrogens is 1. The summed E-state index contributed by atoms with van der Waals surface area (Å²) in [7, 11) is -1.88. The first-order chi connectivity index (χ1) is 12.1. The number of piperazine rings is 1. The molecule has 6 nitrogen and oxygen atoms in total. The van der Waals surface area contributed by atoms with Gasteiger partial charge in [0.25, 0.3) is 0 Å². The Kier molecular flexibility index (Phi) is 5.67. The normalized spacial score (nSPS) is 16.7. The van der Waals surface area contributed by atoms with Gasteiger partial charge < -0.3 is 9.64 Å². The Labute approximate surface area is 149 Å². The van der Waals surface area contributed by atoms with Gasteiger partial charge in [-0.2, -0.15) is 4.31 Å². The fourth-order valence-electron chi connectivity index (χ4n) is 2.91. The van der Waals surface area contributed by atoms with Crippen molar-refractivity contribution in [1.29, 1.82) is 0 Å². The van der Waals surface area contributed by atoms with E-state index < -0.39 is 10.0 Å². The summed E-state index contributed by atoms with van der Waals surface area (Å²) in [5.74, 6) is 0.651. The molecule has 0 radical (unpaired) electrons. The highest BCUT2D eigenvalue weighted by Gasteiger charge is 2.28. The van der Waals surface area contributed by atoms with Crippen molar-refractivity contribution in [2.45, 2.75) is 11.3 Å². The van der Waals surface area contributed by atoms with E-state index in [2.05, 4.69) is 9.88 Å². The van der Waals surface area contributed by atoms with Gasteiger partial charge in [-0.3, -0.25) is 4.98 Å². The molecule has 2 heterocycles. The zero-order valence-electron chi connectivity index (χ0n) is 14.3. The third-order valence-electron chi connectivity index (χ3n) is 4.44. The third-order valence-corrected chi connectivity index (χ3v) is 6.35. The standard InChI is InChI=1S/C18H23N3O3S/c1-24-17-5-7-18(8-6-17)25(22,23)21-14-12-20(13-15-21)11-9-16-4-2-3-10-19-16/h2-8,10H,9,11-15H2,1H3. The van der Waals surface area contributed by atoms with E-state index in [0.717, 1.165) is 31.7 Å². The Bertz CT molecular complexity index is 771. The molecule has 134 valence electrons. The van der Waals surface area contributed by atoms with Gasteiger partial charge in [-0.15, -0.1) is 0 Å². The van der Waals surface area contributed by atoms with Crippen molar-refractivity contribution < 1.29 is 13.2 Å². The van der Waals surface area contributed by atoms with Gasteiger partial charge in [0.2, 0.25) is 10.0 Å². The smallest absolute Gasteiger partial charge is 0.243 e. The van der Waals surface area contributed by atoms with Gasteiger partial charge in [0.05, 0.1) is 12.0 Å². The summed E-state index contributed by atoms with van der Waals surface area (Å²) in [6, 6.07) is 12.5. The molecule has 7 heteroatoms. The zero-order valence-corrected chi connectivity index (χ0v) is 15.2. The Morgan fingerprint density at radius 3 is 2.36 bits per heavy atom. The lowest BCUT2D eigenvalue weighted by Gasteiger charge is -2.33. The van der Waals surface area contributed by atoms with Crippen molar-refractivity contribution in [2.24, 2.45) is 0 Å². The van der Waals surface area contributed by atoms with E-state index in [-0.39, 0.29) is 0 Å². The SMILES string of the molecule is COc1ccc(S(=O)(=O)N2CCN(CCc3ccccn3)CC2)cc1. The van der Waals surface area contributed by atoms with Crippen LogP contribution in [0.15, 0.2) is 53.6 Å². The largest absolute Gasteiger partial charge is 0.497 e. The molecule has 0 bridgehead atoms. The predicted octanol–water partition coefficient (Wildman–Crippen LogP) is 1.64. The number of methoxy groups -OCH3 is 1. The molecule has 25 heavy (non-hydrogen) atoms. The van der Waals surface area contributed by atoms with Crippen LogP contribution in [-0.2, 0) is 16.4 Å². The summed E-state index contributed by atoms with van der Waals surface area (Å²) < 4.78 is 32.1. The summed E-state index contributed by atoms with van der Waals surface area (Å²) in [6.45, 7) is 3.39. The molecule has 1 aromatic heterocycles. The van der Waals surface area contributed by atoms with Crippen LogP contribution in [0.1, 0.15) is 5.69 Å². The van der Waals surface area contributed by atoms with Crippen molar-refractivity contribution in [1.82, 2.24) is 14.2 Å². The second kappa shape index (κ2) is 7.95. The third kappa shape index (κ3) is 4.36. The van der Waals surface area contributed by atoms with Crippen LogP contribution in [-0.4, -0.2) is 62.4 Å². The number of pyridine rings is 1. The highest BCUT2D eigenvalue weighted by molar-refractivity contribution is 7.89. The molecule has 1 saturated heterocycles. The number of hydrogen-bond donors (Lipinski definition) is 0. The predicted molar refractivity (Wildman–Crippen MR) is 96.1 cm³/mol.